The molecule has 4 nitrogen and oxygen atoms in total. The van der Waals surface area contributed by atoms with Gasteiger partial charge in [-0.25, -0.2) is 0 Å². The molecule has 16 heavy (non-hydrogen) atoms. The first-order valence-corrected chi connectivity index (χ1v) is 5.81. The van der Waals surface area contributed by atoms with Crippen molar-refractivity contribution in [2.24, 2.45) is 5.92 Å². The molecule has 0 spiro atoms. The van der Waals surface area contributed by atoms with Crippen LogP contribution in [-0.4, -0.2) is 36.3 Å². The highest BCUT2D eigenvalue weighted by atomic mass is 16.2. The summed E-state index contributed by atoms with van der Waals surface area (Å²) in [7, 11) is 0. The van der Waals surface area contributed by atoms with Gasteiger partial charge in [-0.2, -0.15) is 0 Å². The summed E-state index contributed by atoms with van der Waals surface area (Å²) in [5.41, 5.74) is 0. The van der Waals surface area contributed by atoms with Gasteiger partial charge in [0.15, 0.2) is 0 Å². The van der Waals surface area contributed by atoms with Crippen molar-refractivity contribution in [3.8, 4) is 0 Å². The van der Waals surface area contributed by atoms with E-state index < -0.39 is 0 Å². The first-order chi connectivity index (χ1) is 7.65. The van der Waals surface area contributed by atoms with Crippen LogP contribution in [0.1, 0.15) is 26.2 Å². The van der Waals surface area contributed by atoms with Crippen LogP contribution in [0.15, 0.2) is 12.7 Å². The maximum Gasteiger partial charge on any atom is 0.223 e. The smallest absolute Gasteiger partial charge is 0.223 e. The number of nitrogens with zero attached hydrogens (tertiary/aromatic N) is 1. The topological polar surface area (TPSA) is 49.4 Å². The van der Waals surface area contributed by atoms with Gasteiger partial charge < -0.3 is 10.2 Å². The lowest BCUT2D eigenvalue weighted by molar-refractivity contribution is -0.129. The van der Waals surface area contributed by atoms with Crippen LogP contribution < -0.4 is 5.32 Å². The van der Waals surface area contributed by atoms with Crippen molar-refractivity contribution in [3.05, 3.63) is 12.7 Å². The molecule has 0 saturated carbocycles. The van der Waals surface area contributed by atoms with E-state index in [0.29, 0.717) is 19.5 Å². The van der Waals surface area contributed by atoms with Gasteiger partial charge in [0.1, 0.15) is 0 Å². The summed E-state index contributed by atoms with van der Waals surface area (Å²) < 4.78 is 0. The molecule has 1 saturated heterocycles. The predicted molar refractivity (Wildman–Crippen MR) is 62.8 cm³/mol. The molecule has 1 atom stereocenters. The van der Waals surface area contributed by atoms with E-state index in [2.05, 4.69) is 11.9 Å². The fourth-order valence-corrected chi connectivity index (χ4v) is 1.77. The molecule has 0 aromatic carbocycles. The van der Waals surface area contributed by atoms with Crippen LogP contribution in [0.2, 0.25) is 0 Å². The average molecular weight is 224 g/mol. The third-order valence-electron chi connectivity index (χ3n) is 2.87. The lowest BCUT2D eigenvalue weighted by Gasteiger charge is -2.18. The Morgan fingerprint density at radius 2 is 2.44 bits per heavy atom. The van der Waals surface area contributed by atoms with E-state index in [1.807, 2.05) is 11.8 Å². The minimum Gasteiger partial charge on any atom is -0.352 e. The standard InChI is InChI=1S/C12H20N2O2/c1-3-7-13-12(16)10(2)6-9-14-8-4-5-11(14)15/h3,10H,1,4-9H2,2H3,(H,13,16). The number of amides is 2. The Morgan fingerprint density at radius 3 is 3.00 bits per heavy atom. The summed E-state index contributed by atoms with van der Waals surface area (Å²) in [5.74, 6) is 0.207. The van der Waals surface area contributed by atoms with Crippen molar-refractivity contribution < 1.29 is 9.59 Å². The van der Waals surface area contributed by atoms with E-state index in [0.717, 1.165) is 19.4 Å². The number of carbonyl (C=O) groups is 2. The van der Waals surface area contributed by atoms with Crippen molar-refractivity contribution in [1.29, 1.82) is 0 Å². The van der Waals surface area contributed by atoms with E-state index in [-0.39, 0.29) is 17.7 Å². The van der Waals surface area contributed by atoms with Gasteiger partial charge in [0.05, 0.1) is 0 Å². The minimum atomic E-state index is -0.0478. The van der Waals surface area contributed by atoms with Gasteiger partial charge in [0.25, 0.3) is 0 Å². The maximum atomic E-state index is 11.5. The van der Waals surface area contributed by atoms with Crippen molar-refractivity contribution in [2.75, 3.05) is 19.6 Å². The summed E-state index contributed by atoms with van der Waals surface area (Å²) in [6.07, 6.45) is 4.01. The number of nitrogens with one attached hydrogen (secondary N) is 1. The molecule has 0 aromatic rings. The van der Waals surface area contributed by atoms with Gasteiger partial charge in [0.2, 0.25) is 11.8 Å². The molecule has 1 N–H and O–H groups in total. The number of hydrogen-bond acceptors (Lipinski definition) is 2. The van der Waals surface area contributed by atoms with Gasteiger partial charge >= 0.3 is 0 Å². The SMILES string of the molecule is C=CCNC(=O)C(C)CCN1CCCC1=O. The molecule has 90 valence electrons. The Bertz CT molecular complexity index is 276. The van der Waals surface area contributed by atoms with Crippen molar-refractivity contribution in [1.82, 2.24) is 10.2 Å². The molecular weight excluding hydrogens is 204 g/mol. The molecular formula is C12H20N2O2. The third kappa shape index (κ3) is 3.68. The summed E-state index contributed by atoms with van der Waals surface area (Å²) in [6.45, 7) is 7.48. The predicted octanol–water partition coefficient (Wildman–Crippen LogP) is 0.937. The summed E-state index contributed by atoms with van der Waals surface area (Å²) >= 11 is 0. The van der Waals surface area contributed by atoms with E-state index >= 15 is 0 Å². The van der Waals surface area contributed by atoms with E-state index in [4.69, 9.17) is 0 Å². The van der Waals surface area contributed by atoms with Crippen LogP contribution >= 0.6 is 0 Å². The normalized spacial score (nSPS) is 17.3. The van der Waals surface area contributed by atoms with Gasteiger partial charge in [-0.15, -0.1) is 6.58 Å². The summed E-state index contributed by atoms with van der Waals surface area (Å²) in [4.78, 5) is 24.7. The molecule has 4 heteroatoms. The zero-order chi connectivity index (χ0) is 12.0. The molecule has 1 unspecified atom stereocenters. The van der Waals surface area contributed by atoms with Crippen molar-refractivity contribution in [2.45, 2.75) is 26.2 Å². The molecule has 1 fully saturated rings. The first-order valence-electron chi connectivity index (χ1n) is 5.81. The van der Waals surface area contributed by atoms with Crippen LogP contribution in [0.3, 0.4) is 0 Å². The second-order valence-corrected chi connectivity index (χ2v) is 4.21. The molecule has 0 radical (unpaired) electrons. The number of likely N-dealkylation sites (tertiary alicyclic amines) is 1. The Morgan fingerprint density at radius 1 is 1.69 bits per heavy atom. The molecule has 0 aromatic heterocycles. The second kappa shape index (κ2) is 6.30. The molecule has 1 heterocycles. The van der Waals surface area contributed by atoms with E-state index in [9.17, 15) is 9.59 Å². The molecule has 2 amide bonds. The van der Waals surface area contributed by atoms with Crippen LogP contribution in [0, 0.1) is 5.92 Å². The molecule has 1 aliphatic rings. The van der Waals surface area contributed by atoms with Gasteiger partial charge in [-0.3, -0.25) is 9.59 Å². The average Bonchev–Trinajstić information content (AvgIpc) is 2.68. The fourth-order valence-electron chi connectivity index (χ4n) is 1.77. The monoisotopic (exact) mass is 224 g/mol. The Kier molecular flexibility index (Phi) is 5.02. The largest absolute Gasteiger partial charge is 0.352 e. The van der Waals surface area contributed by atoms with Crippen LogP contribution in [-0.2, 0) is 9.59 Å². The maximum absolute atomic E-state index is 11.5. The van der Waals surface area contributed by atoms with Gasteiger partial charge in [-0.1, -0.05) is 13.0 Å². The highest BCUT2D eigenvalue weighted by Gasteiger charge is 2.21. The highest BCUT2D eigenvalue weighted by Crippen LogP contribution is 2.12. The minimum absolute atomic E-state index is 0.0338. The second-order valence-electron chi connectivity index (χ2n) is 4.21. The van der Waals surface area contributed by atoms with E-state index in [1.165, 1.54) is 0 Å². The van der Waals surface area contributed by atoms with Crippen LogP contribution in [0.5, 0.6) is 0 Å². The third-order valence-corrected chi connectivity index (χ3v) is 2.87. The Balaban J connectivity index is 2.23. The van der Waals surface area contributed by atoms with Crippen LogP contribution in [0.4, 0.5) is 0 Å². The number of hydrogen-bond donors (Lipinski definition) is 1. The zero-order valence-corrected chi connectivity index (χ0v) is 9.87. The lowest BCUT2D eigenvalue weighted by atomic mass is 10.1. The Labute approximate surface area is 96.7 Å². The fraction of sp³-hybridized carbons (Fsp3) is 0.667. The van der Waals surface area contributed by atoms with Gasteiger partial charge in [0, 0.05) is 32.0 Å². The molecule has 0 aliphatic carbocycles. The number of carbonyl (C=O) groups excluding carboxylic acids is 2. The lowest BCUT2D eigenvalue weighted by Crippen LogP contribution is -2.33. The van der Waals surface area contributed by atoms with Crippen molar-refractivity contribution >= 4 is 11.8 Å². The molecule has 1 rings (SSSR count). The Hall–Kier alpha value is -1.32. The van der Waals surface area contributed by atoms with Gasteiger partial charge in [-0.05, 0) is 12.8 Å². The van der Waals surface area contributed by atoms with Crippen molar-refractivity contribution in [3.63, 3.8) is 0 Å². The van der Waals surface area contributed by atoms with Crippen LogP contribution in [0.25, 0.3) is 0 Å². The molecule has 0 bridgehead atoms. The van der Waals surface area contributed by atoms with E-state index in [1.54, 1.807) is 6.08 Å². The highest BCUT2D eigenvalue weighted by molar-refractivity contribution is 5.79. The first kappa shape index (κ1) is 12.7. The summed E-state index contributed by atoms with van der Waals surface area (Å²) in [5, 5.41) is 2.76. The molecule has 1 aliphatic heterocycles. The number of rotatable bonds is 6. The summed E-state index contributed by atoms with van der Waals surface area (Å²) in [6, 6.07) is 0. The zero-order valence-electron chi connectivity index (χ0n) is 9.87. The quantitative estimate of drug-likeness (QED) is 0.683.